The summed E-state index contributed by atoms with van der Waals surface area (Å²) in [5.41, 5.74) is 15.6. The topological polar surface area (TPSA) is 190 Å². The molecule has 1 unspecified atom stereocenters. The monoisotopic (exact) mass is 389 g/mol. The predicted octanol–water partition coefficient (Wildman–Crippen LogP) is -0.657. The Balaban J connectivity index is 0. The smallest absolute Gasteiger partial charge is 0.321 e. The van der Waals surface area contributed by atoms with E-state index >= 15 is 0 Å². The lowest BCUT2D eigenvalue weighted by Crippen LogP contribution is -2.33. The Hall–Kier alpha value is -0.660. The zero-order chi connectivity index (χ0) is 18.4. The lowest BCUT2D eigenvalue weighted by Gasteiger charge is -2.07. The third-order valence-corrected chi connectivity index (χ3v) is 5.28. The van der Waals surface area contributed by atoms with Gasteiger partial charge in [-0.3, -0.25) is 14.4 Å². The minimum Gasteiger partial charge on any atom is -0.480 e. The molecule has 0 rings (SSSR count). The fourth-order valence-electron chi connectivity index (χ4n) is 0.754. The number of hydrogen-bond donors (Lipinski definition) is 6. The molecule has 0 aromatic heterocycles. The van der Waals surface area contributed by atoms with Crippen LogP contribution in [0.25, 0.3) is 0 Å². The van der Waals surface area contributed by atoms with Gasteiger partial charge in [-0.1, -0.05) is 21.6 Å². The van der Waals surface area contributed by atoms with Crippen molar-refractivity contribution in [3.8, 4) is 0 Å². The predicted molar refractivity (Wildman–Crippen MR) is 94.7 cm³/mol. The first kappa shape index (κ1) is 24.6. The minimum absolute atomic E-state index is 0.229. The van der Waals surface area contributed by atoms with Crippen LogP contribution >= 0.6 is 33.3 Å². The number of nitrogens with two attached hydrogens (primary N) is 3. The van der Waals surface area contributed by atoms with Crippen molar-refractivity contribution >= 4 is 51.3 Å². The van der Waals surface area contributed by atoms with Crippen molar-refractivity contribution in [2.75, 3.05) is 23.5 Å². The molecule has 9 nitrogen and oxygen atoms in total. The molecule has 3 atom stereocenters. The SMILES string of the molecule is CSCC[C@H](N)C(=O)O.NC(CSSC[C@H](N)C(=O)O)C(=O)O. The van der Waals surface area contributed by atoms with E-state index in [-0.39, 0.29) is 11.5 Å². The molecule has 0 saturated heterocycles. The second-order valence-corrected chi connectivity index (χ2v) is 7.72. The second kappa shape index (κ2) is 14.9. The zero-order valence-electron chi connectivity index (χ0n) is 12.6. The largest absolute Gasteiger partial charge is 0.480 e. The second-order valence-electron chi connectivity index (χ2n) is 4.18. The van der Waals surface area contributed by atoms with Crippen molar-refractivity contribution in [2.24, 2.45) is 17.2 Å². The number of carbonyl (C=O) groups is 3. The van der Waals surface area contributed by atoms with E-state index in [1.165, 1.54) is 21.6 Å². The maximum atomic E-state index is 10.3. The molecular formula is C11H23N3O6S3. The maximum absolute atomic E-state index is 10.3. The average Bonchev–Trinajstić information content (AvgIpc) is 2.48. The van der Waals surface area contributed by atoms with Crippen LogP contribution in [0.1, 0.15) is 6.42 Å². The van der Waals surface area contributed by atoms with Crippen LogP contribution in [0.4, 0.5) is 0 Å². The lowest BCUT2D eigenvalue weighted by molar-refractivity contribution is -0.139. The molecule has 0 bridgehead atoms. The van der Waals surface area contributed by atoms with Gasteiger partial charge in [0, 0.05) is 11.5 Å². The first-order valence-electron chi connectivity index (χ1n) is 6.31. The summed E-state index contributed by atoms with van der Waals surface area (Å²) in [5.74, 6) is -1.78. The summed E-state index contributed by atoms with van der Waals surface area (Å²) in [6.07, 6.45) is 2.48. The molecule has 0 aliphatic carbocycles. The Kier molecular flexibility index (Phi) is 15.9. The Morgan fingerprint density at radius 2 is 1.17 bits per heavy atom. The normalized spacial score (nSPS) is 14.1. The quantitative estimate of drug-likeness (QED) is 0.193. The first-order chi connectivity index (χ1) is 10.6. The van der Waals surface area contributed by atoms with Crippen molar-refractivity contribution in [1.29, 1.82) is 0 Å². The van der Waals surface area contributed by atoms with E-state index in [4.69, 9.17) is 32.5 Å². The molecule has 0 fully saturated rings. The molecule has 0 aromatic rings. The number of hydrogen-bond acceptors (Lipinski definition) is 9. The maximum Gasteiger partial charge on any atom is 0.321 e. The number of carboxylic acid groups (broad SMARTS) is 3. The fraction of sp³-hybridized carbons (Fsp3) is 0.727. The van der Waals surface area contributed by atoms with Gasteiger partial charge in [0.25, 0.3) is 0 Å². The molecule has 12 heteroatoms. The van der Waals surface area contributed by atoms with Crippen molar-refractivity contribution in [2.45, 2.75) is 24.5 Å². The highest BCUT2D eigenvalue weighted by Crippen LogP contribution is 2.22. The Labute approximate surface area is 146 Å². The summed E-state index contributed by atoms with van der Waals surface area (Å²) in [6, 6.07) is -2.53. The van der Waals surface area contributed by atoms with Gasteiger partial charge in [0.1, 0.15) is 18.1 Å². The van der Waals surface area contributed by atoms with Crippen molar-refractivity contribution < 1.29 is 29.7 Å². The van der Waals surface area contributed by atoms with Gasteiger partial charge < -0.3 is 32.5 Å². The summed E-state index contributed by atoms with van der Waals surface area (Å²) >= 11 is 1.60. The van der Waals surface area contributed by atoms with Gasteiger partial charge in [-0.2, -0.15) is 11.8 Å². The van der Waals surface area contributed by atoms with E-state index in [2.05, 4.69) is 0 Å². The van der Waals surface area contributed by atoms with Crippen LogP contribution in [-0.4, -0.2) is 74.9 Å². The van der Waals surface area contributed by atoms with Crippen LogP contribution in [0.3, 0.4) is 0 Å². The van der Waals surface area contributed by atoms with Crippen LogP contribution < -0.4 is 17.2 Å². The molecule has 0 saturated carbocycles. The molecule has 0 spiro atoms. The van der Waals surface area contributed by atoms with E-state index in [0.717, 1.165) is 5.75 Å². The van der Waals surface area contributed by atoms with Gasteiger partial charge in [-0.25, -0.2) is 0 Å². The molecule has 0 aliphatic heterocycles. The molecule has 9 N–H and O–H groups in total. The minimum atomic E-state index is -1.07. The van der Waals surface area contributed by atoms with E-state index in [1.807, 2.05) is 6.26 Å². The summed E-state index contributed by atoms with van der Waals surface area (Å²) in [6.45, 7) is 0. The number of aliphatic carboxylic acids is 3. The summed E-state index contributed by atoms with van der Waals surface area (Å²) < 4.78 is 0. The third kappa shape index (κ3) is 16.0. The van der Waals surface area contributed by atoms with E-state index < -0.39 is 36.0 Å². The van der Waals surface area contributed by atoms with Gasteiger partial charge in [0.2, 0.25) is 0 Å². The molecule has 0 aliphatic rings. The number of thioether (sulfide) groups is 1. The van der Waals surface area contributed by atoms with Crippen molar-refractivity contribution in [3.63, 3.8) is 0 Å². The highest BCUT2D eigenvalue weighted by Gasteiger charge is 2.14. The van der Waals surface area contributed by atoms with Gasteiger partial charge in [0.15, 0.2) is 0 Å². The van der Waals surface area contributed by atoms with Gasteiger partial charge in [-0.15, -0.1) is 0 Å². The third-order valence-electron chi connectivity index (χ3n) is 2.16. The number of carboxylic acids is 3. The highest BCUT2D eigenvalue weighted by atomic mass is 33.1. The Morgan fingerprint density at radius 3 is 1.43 bits per heavy atom. The van der Waals surface area contributed by atoms with Crippen molar-refractivity contribution in [1.82, 2.24) is 0 Å². The molecular weight excluding hydrogens is 366 g/mol. The Bertz CT molecular complexity index is 353. The van der Waals surface area contributed by atoms with Crippen LogP contribution in [0.5, 0.6) is 0 Å². The van der Waals surface area contributed by atoms with Crippen molar-refractivity contribution in [3.05, 3.63) is 0 Å². The summed E-state index contributed by atoms with van der Waals surface area (Å²) in [7, 11) is 2.41. The van der Waals surface area contributed by atoms with Crippen LogP contribution in [0.15, 0.2) is 0 Å². The summed E-state index contributed by atoms with van der Waals surface area (Å²) in [5, 5.41) is 25.1. The fourth-order valence-corrected chi connectivity index (χ4v) is 3.47. The van der Waals surface area contributed by atoms with E-state index in [0.29, 0.717) is 6.42 Å². The Morgan fingerprint density at radius 1 is 0.826 bits per heavy atom. The average molecular weight is 390 g/mol. The van der Waals surface area contributed by atoms with Gasteiger partial charge >= 0.3 is 17.9 Å². The molecule has 0 aromatic carbocycles. The van der Waals surface area contributed by atoms with Crippen LogP contribution in [0, 0.1) is 0 Å². The molecule has 0 radical (unpaired) electrons. The van der Waals surface area contributed by atoms with Gasteiger partial charge in [-0.05, 0) is 18.4 Å². The molecule has 136 valence electrons. The van der Waals surface area contributed by atoms with Gasteiger partial charge in [0.05, 0.1) is 0 Å². The first-order valence-corrected chi connectivity index (χ1v) is 10.2. The highest BCUT2D eigenvalue weighted by molar-refractivity contribution is 8.76. The molecule has 0 heterocycles. The van der Waals surface area contributed by atoms with E-state index in [1.54, 1.807) is 11.8 Å². The lowest BCUT2D eigenvalue weighted by atomic mass is 10.2. The van der Waals surface area contributed by atoms with Crippen LogP contribution in [-0.2, 0) is 14.4 Å². The summed E-state index contributed by atoms with van der Waals surface area (Å²) in [4.78, 5) is 30.6. The molecule has 23 heavy (non-hydrogen) atoms. The van der Waals surface area contributed by atoms with E-state index in [9.17, 15) is 14.4 Å². The number of rotatable bonds is 11. The standard InChI is InChI=1S/C6H12N2O4S2.C5H11NO2S/c7-3(5(9)10)1-13-14-2-4(8)6(11)12;1-9-3-2-4(6)5(7)8/h3-4H,1-2,7-8H2,(H,9,10)(H,11,12);4H,2-3,6H2,1H3,(H,7,8)/t3-,4?;4-/m00/s1. The molecule has 0 amide bonds. The van der Waals surface area contributed by atoms with Crippen LogP contribution in [0.2, 0.25) is 0 Å². The zero-order valence-corrected chi connectivity index (χ0v) is 15.0.